The number of benzene rings is 1. The molecule has 128 valence electrons. The highest BCUT2D eigenvalue weighted by Gasteiger charge is 2.32. The summed E-state index contributed by atoms with van der Waals surface area (Å²) in [5, 5.41) is 3.80. The first-order chi connectivity index (χ1) is 12.1. The van der Waals surface area contributed by atoms with Gasteiger partial charge in [-0.1, -0.05) is 11.6 Å². The summed E-state index contributed by atoms with van der Waals surface area (Å²) in [5.41, 5.74) is 2.80. The van der Waals surface area contributed by atoms with Crippen LogP contribution in [0, 0.1) is 12.8 Å². The van der Waals surface area contributed by atoms with E-state index < -0.39 is 0 Å². The Morgan fingerprint density at radius 2 is 2.16 bits per heavy atom. The van der Waals surface area contributed by atoms with E-state index in [0.29, 0.717) is 31.0 Å². The summed E-state index contributed by atoms with van der Waals surface area (Å²) in [6, 6.07) is 9.35. The number of aryl methyl sites for hydroxylation is 1. The Morgan fingerprint density at radius 1 is 1.32 bits per heavy atom. The minimum absolute atomic E-state index is 0.0328. The largest absolute Gasteiger partial charge is 0.459 e. The minimum Gasteiger partial charge on any atom is -0.459 e. The van der Waals surface area contributed by atoms with Gasteiger partial charge in [-0.2, -0.15) is 0 Å². The van der Waals surface area contributed by atoms with Crippen molar-refractivity contribution in [2.75, 3.05) is 19.6 Å². The molecule has 2 N–H and O–H groups in total. The molecule has 1 saturated heterocycles. The third kappa shape index (κ3) is 2.91. The van der Waals surface area contributed by atoms with Crippen molar-refractivity contribution in [1.29, 1.82) is 0 Å². The number of carbonyl (C=O) groups is 2. The van der Waals surface area contributed by atoms with E-state index in [1.807, 2.05) is 30.0 Å². The minimum atomic E-state index is -0.220. The van der Waals surface area contributed by atoms with Gasteiger partial charge < -0.3 is 19.6 Å². The molecule has 0 radical (unpaired) electrons. The number of amides is 2. The van der Waals surface area contributed by atoms with E-state index in [1.54, 1.807) is 18.3 Å². The molecule has 3 aromatic rings. The molecule has 4 rings (SSSR count). The van der Waals surface area contributed by atoms with Crippen molar-refractivity contribution in [3.8, 4) is 0 Å². The molecule has 1 fully saturated rings. The van der Waals surface area contributed by atoms with Gasteiger partial charge in [-0.25, -0.2) is 0 Å². The van der Waals surface area contributed by atoms with E-state index in [9.17, 15) is 9.59 Å². The van der Waals surface area contributed by atoms with Crippen LogP contribution >= 0.6 is 0 Å². The molecule has 0 spiro atoms. The van der Waals surface area contributed by atoms with Gasteiger partial charge in [0.25, 0.3) is 11.8 Å². The summed E-state index contributed by atoms with van der Waals surface area (Å²) in [4.78, 5) is 29.5. The molecule has 6 nitrogen and oxygen atoms in total. The Labute approximate surface area is 144 Å². The number of carbonyl (C=O) groups excluding carboxylic acids is 2. The number of H-pyrrole nitrogens is 1. The van der Waals surface area contributed by atoms with E-state index >= 15 is 0 Å². The quantitative estimate of drug-likeness (QED) is 0.768. The highest BCUT2D eigenvalue weighted by molar-refractivity contribution is 6.07. The van der Waals surface area contributed by atoms with Crippen LogP contribution in [0.15, 0.2) is 47.2 Å². The van der Waals surface area contributed by atoms with Crippen LogP contribution in [-0.2, 0) is 0 Å². The zero-order valence-electron chi connectivity index (χ0n) is 13.9. The molecule has 3 heterocycles. The van der Waals surface area contributed by atoms with Crippen LogP contribution in [0.1, 0.15) is 26.5 Å². The first kappa shape index (κ1) is 15.5. The Hall–Kier alpha value is -3.02. The molecule has 25 heavy (non-hydrogen) atoms. The van der Waals surface area contributed by atoms with E-state index in [0.717, 1.165) is 16.5 Å². The molecule has 6 heteroatoms. The maximum atomic E-state index is 12.7. The van der Waals surface area contributed by atoms with Gasteiger partial charge in [0.2, 0.25) is 0 Å². The fraction of sp³-hybridized carbons (Fsp3) is 0.263. The highest BCUT2D eigenvalue weighted by Crippen LogP contribution is 2.24. The Bertz CT molecular complexity index is 921. The predicted molar refractivity (Wildman–Crippen MR) is 93.5 cm³/mol. The molecule has 0 bridgehead atoms. The third-order valence-electron chi connectivity index (χ3n) is 4.61. The molecule has 0 saturated carbocycles. The zero-order valence-corrected chi connectivity index (χ0v) is 13.9. The number of aromatic amines is 1. The Kier molecular flexibility index (Phi) is 3.80. The lowest BCUT2D eigenvalue weighted by Crippen LogP contribution is -2.53. The van der Waals surface area contributed by atoms with Crippen LogP contribution in [-0.4, -0.2) is 41.3 Å². The summed E-state index contributed by atoms with van der Waals surface area (Å²) in [6.45, 7) is 3.85. The zero-order chi connectivity index (χ0) is 17.4. The number of hydrogen-bond acceptors (Lipinski definition) is 3. The summed E-state index contributed by atoms with van der Waals surface area (Å²) in [5.74, 6) is 0.392. The Balaban J connectivity index is 1.34. The van der Waals surface area contributed by atoms with Crippen LogP contribution in [0.4, 0.5) is 0 Å². The van der Waals surface area contributed by atoms with Gasteiger partial charge in [-0.3, -0.25) is 9.59 Å². The lowest BCUT2D eigenvalue weighted by Gasteiger charge is -2.39. The molecule has 1 aromatic carbocycles. The highest BCUT2D eigenvalue weighted by atomic mass is 16.3. The molecule has 1 aliphatic heterocycles. The maximum absolute atomic E-state index is 12.7. The van der Waals surface area contributed by atoms with Crippen molar-refractivity contribution >= 4 is 22.7 Å². The number of fused-ring (bicyclic) bond motifs is 1. The van der Waals surface area contributed by atoms with E-state index in [1.165, 1.54) is 6.26 Å². The van der Waals surface area contributed by atoms with E-state index in [-0.39, 0.29) is 17.7 Å². The van der Waals surface area contributed by atoms with Crippen molar-refractivity contribution in [2.24, 2.45) is 5.92 Å². The second kappa shape index (κ2) is 6.12. The summed E-state index contributed by atoms with van der Waals surface area (Å²) >= 11 is 0. The van der Waals surface area contributed by atoms with Crippen LogP contribution in [0.25, 0.3) is 10.9 Å². The number of nitrogens with one attached hydrogen (secondary N) is 2. The van der Waals surface area contributed by atoms with Gasteiger partial charge in [0.05, 0.1) is 11.8 Å². The molecule has 0 unspecified atom stereocenters. The second-order valence-corrected chi connectivity index (χ2v) is 6.51. The molecule has 0 aliphatic carbocycles. The van der Waals surface area contributed by atoms with E-state index in [2.05, 4.69) is 10.3 Å². The SMILES string of the molecule is Cc1ccc2[nH]cc(C(=O)N3CC(CNC(=O)c4ccco4)C3)c2c1. The van der Waals surface area contributed by atoms with Gasteiger partial charge in [-0.15, -0.1) is 0 Å². The van der Waals surface area contributed by atoms with Crippen molar-refractivity contribution < 1.29 is 14.0 Å². The van der Waals surface area contributed by atoms with E-state index in [4.69, 9.17) is 4.42 Å². The smallest absolute Gasteiger partial charge is 0.286 e. The van der Waals surface area contributed by atoms with Crippen LogP contribution in [0.5, 0.6) is 0 Å². The Morgan fingerprint density at radius 3 is 2.92 bits per heavy atom. The second-order valence-electron chi connectivity index (χ2n) is 6.51. The average molecular weight is 337 g/mol. The molecular weight excluding hydrogens is 318 g/mol. The fourth-order valence-corrected chi connectivity index (χ4v) is 3.18. The van der Waals surface area contributed by atoms with Crippen LogP contribution in [0.3, 0.4) is 0 Å². The van der Waals surface area contributed by atoms with Crippen molar-refractivity contribution in [2.45, 2.75) is 6.92 Å². The van der Waals surface area contributed by atoms with Crippen molar-refractivity contribution in [3.05, 3.63) is 59.7 Å². The summed E-state index contributed by atoms with van der Waals surface area (Å²) < 4.78 is 5.06. The monoisotopic (exact) mass is 337 g/mol. The first-order valence-electron chi connectivity index (χ1n) is 8.30. The van der Waals surface area contributed by atoms with Gasteiger partial charge >= 0.3 is 0 Å². The van der Waals surface area contributed by atoms with Gasteiger partial charge in [0.15, 0.2) is 5.76 Å². The fourth-order valence-electron chi connectivity index (χ4n) is 3.18. The normalized spacial score (nSPS) is 14.5. The third-order valence-corrected chi connectivity index (χ3v) is 4.61. The van der Waals surface area contributed by atoms with Crippen molar-refractivity contribution in [3.63, 3.8) is 0 Å². The van der Waals surface area contributed by atoms with Crippen molar-refractivity contribution in [1.82, 2.24) is 15.2 Å². The topological polar surface area (TPSA) is 78.3 Å². The molecular formula is C19H19N3O3. The van der Waals surface area contributed by atoms with Gasteiger partial charge in [0, 0.05) is 42.7 Å². The van der Waals surface area contributed by atoms with Crippen LogP contribution < -0.4 is 5.32 Å². The molecule has 2 aromatic heterocycles. The lowest BCUT2D eigenvalue weighted by atomic mass is 9.98. The predicted octanol–water partition coefficient (Wildman–Crippen LogP) is 2.57. The summed E-state index contributed by atoms with van der Waals surface area (Å²) in [7, 11) is 0. The van der Waals surface area contributed by atoms with Gasteiger partial charge in [0.1, 0.15) is 0 Å². The number of hydrogen-bond donors (Lipinski definition) is 2. The molecule has 0 atom stereocenters. The number of likely N-dealkylation sites (tertiary alicyclic amines) is 1. The maximum Gasteiger partial charge on any atom is 0.286 e. The average Bonchev–Trinajstić information content (AvgIpc) is 3.22. The number of rotatable bonds is 4. The van der Waals surface area contributed by atoms with Crippen LogP contribution in [0.2, 0.25) is 0 Å². The summed E-state index contributed by atoms with van der Waals surface area (Å²) in [6.07, 6.45) is 3.25. The molecule has 1 aliphatic rings. The lowest BCUT2D eigenvalue weighted by molar-refractivity contribution is 0.0498. The number of aromatic nitrogens is 1. The standard InChI is InChI=1S/C19H19N3O3/c1-12-4-5-16-14(7-12)15(9-20-16)19(24)22-10-13(11-22)8-21-18(23)17-3-2-6-25-17/h2-7,9,13,20H,8,10-11H2,1H3,(H,21,23). The van der Waals surface area contributed by atoms with Gasteiger partial charge in [-0.05, 0) is 31.2 Å². The number of nitrogens with zero attached hydrogens (tertiary/aromatic N) is 1. The molecule has 2 amide bonds. The number of furan rings is 1. The first-order valence-corrected chi connectivity index (χ1v) is 8.30.